The van der Waals surface area contributed by atoms with Gasteiger partial charge in [-0.2, -0.15) is 0 Å². The van der Waals surface area contributed by atoms with Gasteiger partial charge in [0.25, 0.3) is 0 Å². The zero-order valence-electron chi connectivity index (χ0n) is 31.8. The summed E-state index contributed by atoms with van der Waals surface area (Å²) in [5.74, 6) is 4.02. The van der Waals surface area contributed by atoms with Crippen molar-refractivity contribution >= 4 is 50.1 Å². The Hall–Kier alpha value is -5.45. The van der Waals surface area contributed by atoms with Crippen LogP contribution in [0.25, 0.3) is 33.4 Å². The first-order valence-corrected chi connectivity index (χ1v) is 20.1. The van der Waals surface area contributed by atoms with E-state index in [9.17, 15) is 0 Å². The smallest absolute Gasteiger partial charge is 0.141 e. The van der Waals surface area contributed by atoms with Crippen LogP contribution in [0.4, 0.5) is 11.6 Å². The Bertz CT molecular complexity index is 2540. The number of nitrogens with one attached hydrogen (secondary N) is 2. The van der Waals surface area contributed by atoms with E-state index in [0.29, 0.717) is 52.6 Å². The molecule has 0 saturated carbocycles. The van der Waals surface area contributed by atoms with Crippen molar-refractivity contribution in [2.24, 2.45) is 0 Å². The molecule has 0 fully saturated rings. The Labute approximate surface area is 340 Å². The van der Waals surface area contributed by atoms with E-state index in [0.717, 1.165) is 63.1 Å². The highest BCUT2D eigenvalue weighted by Gasteiger charge is 2.21. The van der Waals surface area contributed by atoms with E-state index in [4.69, 9.17) is 36.0 Å². The van der Waals surface area contributed by atoms with E-state index in [1.807, 2.05) is 44.2 Å². The van der Waals surface area contributed by atoms with Crippen LogP contribution in [-0.2, 0) is 13.0 Å². The van der Waals surface area contributed by atoms with Crippen LogP contribution in [0.15, 0.2) is 108 Å². The summed E-state index contributed by atoms with van der Waals surface area (Å²) >= 11 is 10.5. The van der Waals surface area contributed by atoms with Crippen LogP contribution < -0.4 is 20.1 Å². The Morgan fingerprint density at radius 3 is 2.52 bits per heavy atom. The molecule has 4 aromatic carbocycles. The van der Waals surface area contributed by atoms with Crippen LogP contribution in [0.5, 0.6) is 11.5 Å². The van der Waals surface area contributed by atoms with Gasteiger partial charge >= 0.3 is 0 Å². The summed E-state index contributed by atoms with van der Waals surface area (Å²) in [5.41, 5.74) is 8.29. The van der Waals surface area contributed by atoms with Gasteiger partial charge in [0.05, 0.1) is 36.1 Å². The minimum absolute atomic E-state index is 0.0136. The van der Waals surface area contributed by atoms with Crippen molar-refractivity contribution in [3.63, 3.8) is 0 Å². The average Bonchev–Trinajstić information content (AvgIpc) is 3.60. The lowest BCUT2D eigenvalue weighted by atomic mass is 9.88. The van der Waals surface area contributed by atoms with E-state index in [-0.39, 0.29) is 12.1 Å². The molecular formula is C45H43BrClN7O2. The van der Waals surface area contributed by atoms with Crippen molar-refractivity contribution in [3.05, 3.63) is 141 Å². The van der Waals surface area contributed by atoms with Gasteiger partial charge < -0.3 is 24.7 Å². The number of benzene rings is 4. The Kier molecular flexibility index (Phi) is 10.9. The number of ether oxygens (including phenoxy) is 2. The summed E-state index contributed by atoms with van der Waals surface area (Å²) in [5, 5.41) is 8.83. The summed E-state index contributed by atoms with van der Waals surface area (Å²) in [4.78, 5) is 19.0. The third-order valence-electron chi connectivity index (χ3n) is 10.3. The normalized spacial score (nSPS) is 14.3. The zero-order valence-corrected chi connectivity index (χ0v) is 34.2. The molecule has 8 rings (SSSR count). The van der Waals surface area contributed by atoms with Crippen molar-refractivity contribution in [1.82, 2.24) is 24.5 Å². The van der Waals surface area contributed by atoms with Crippen LogP contribution in [0.3, 0.4) is 0 Å². The first-order chi connectivity index (χ1) is 27.2. The lowest BCUT2D eigenvalue weighted by Gasteiger charge is -2.27. The standard InChI is InChI=1S/C45H43BrClN7O2/c1-27(32-11-7-12-34(46)21-32)48-43-26-40(50-29(3)51-43)37-23-35(24-42(55-4)45(37)47)56-20-19-54-18-17-31-15-16-33(22-41(31)54)39-25-44(52-28(2)49-39)53-38-14-8-10-30-9-5-6-13-36(30)38/h5-7,9,11-13,15-18,21-27,38H,8,10,14,19-20H2,1-4H3,(H,48,50,51)(H,49,52,53). The molecule has 7 aromatic rings. The second-order valence-corrected chi connectivity index (χ2v) is 15.5. The van der Waals surface area contributed by atoms with Gasteiger partial charge in [-0.1, -0.05) is 76.1 Å². The number of rotatable bonds is 12. The van der Waals surface area contributed by atoms with Crippen LogP contribution in [-0.4, -0.2) is 38.2 Å². The lowest BCUT2D eigenvalue weighted by Crippen LogP contribution is -2.18. The van der Waals surface area contributed by atoms with Gasteiger partial charge in [0, 0.05) is 51.6 Å². The topological polar surface area (TPSA) is 99.0 Å². The maximum Gasteiger partial charge on any atom is 0.141 e. The number of nitrogens with zero attached hydrogens (tertiary/aromatic N) is 5. The number of methoxy groups -OCH3 is 1. The Morgan fingerprint density at radius 1 is 0.875 bits per heavy atom. The molecule has 11 heteroatoms. The highest BCUT2D eigenvalue weighted by molar-refractivity contribution is 9.10. The largest absolute Gasteiger partial charge is 0.495 e. The first kappa shape index (κ1) is 37.5. The van der Waals surface area contributed by atoms with E-state index >= 15 is 0 Å². The highest BCUT2D eigenvalue weighted by Crippen LogP contribution is 2.40. The molecule has 9 nitrogen and oxygen atoms in total. The molecule has 3 aromatic heterocycles. The molecular weight excluding hydrogens is 786 g/mol. The van der Waals surface area contributed by atoms with Crippen molar-refractivity contribution in [2.75, 3.05) is 24.4 Å². The van der Waals surface area contributed by atoms with Crippen LogP contribution in [0, 0.1) is 13.8 Å². The van der Waals surface area contributed by atoms with Gasteiger partial charge in [0.1, 0.15) is 41.4 Å². The molecule has 0 aliphatic heterocycles. The highest BCUT2D eigenvalue weighted by atomic mass is 79.9. The van der Waals surface area contributed by atoms with E-state index in [1.54, 1.807) is 7.11 Å². The summed E-state index contributed by atoms with van der Waals surface area (Å²) < 4.78 is 15.3. The van der Waals surface area contributed by atoms with Crippen LogP contribution in [0.1, 0.15) is 60.2 Å². The maximum absolute atomic E-state index is 6.89. The minimum atomic E-state index is 0.0136. The number of anilines is 2. The van der Waals surface area contributed by atoms with Crippen molar-refractivity contribution in [2.45, 2.75) is 58.7 Å². The predicted octanol–water partition coefficient (Wildman–Crippen LogP) is 11.3. The summed E-state index contributed by atoms with van der Waals surface area (Å²) in [6, 6.07) is 33.5. The molecule has 56 heavy (non-hydrogen) atoms. The number of fused-ring (bicyclic) bond motifs is 2. The fourth-order valence-corrected chi connectivity index (χ4v) is 8.22. The van der Waals surface area contributed by atoms with Crippen LogP contribution >= 0.6 is 27.5 Å². The second-order valence-electron chi connectivity index (χ2n) is 14.2. The lowest BCUT2D eigenvalue weighted by molar-refractivity contribution is 0.298. The molecule has 2 atom stereocenters. The molecule has 1 aliphatic carbocycles. The number of halogens is 2. The Balaban J connectivity index is 0.994. The fourth-order valence-electron chi connectivity index (χ4n) is 7.52. The minimum Gasteiger partial charge on any atom is -0.495 e. The molecule has 0 amide bonds. The van der Waals surface area contributed by atoms with Gasteiger partial charge in [0.2, 0.25) is 0 Å². The fraction of sp³-hybridized carbons (Fsp3) is 0.244. The van der Waals surface area contributed by atoms with Crippen molar-refractivity contribution in [1.29, 1.82) is 0 Å². The molecule has 2 unspecified atom stereocenters. The maximum atomic E-state index is 6.89. The molecule has 284 valence electrons. The molecule has 0 radical (unpaired) electrons. The first-order valence-electron chi connectivity index (χ1n) is 18.9. The van der Waals surface area contributed by atoms with Gasteiger partial charge in [-0.25, -0.2) is 19.9 Å². The van der Waals surface area contributed by atoms with Gasteiger partial charge in [-0.05, 0) is 92.4 Å². The molecule has 3 heterocycles. The molecule has 0 spiro atoms. The summed E-state index contributed by atoms with van der Waals surface area (Å²) in [6.45, 7) is 6.96. The SMILES string of the molecule is COc1cc(OCCn2ccc3ccc(-c4cc(NC5CCCc6ccccc65)nc(C)n4)cc32)cc(-c2cc(NC(C)c3cccc(Br)c3)nc(C)n2)c1Cl. The van der Waals surface area contributed by atoms with Crippen molar-refractivity contribution in [3.8, 4) is 34.0 Å². The number of hydrogen-bond donors (Lipinski definition) is 2. The monoisotopic (exact) mass is 827 g/mol. The van der Waals surface area contributed by atoms with Crippen LogP contribution in [0.2, 0.25) is 5.02 Å². The predicted molar refractivity (Wildman–Crippen MR) is 229 cm³/mol. The average molecular weight is 829 g/mol. The molecule has 0 saturated heterocycles. The molecule has 1 aliphatic rings. The summed E-state index contributed by atoms with van der Waals surface area (Å²) in [7, 11) is 1.60. The van der Waals surface area contributed by atoms with Gasteiger partial charge in [0.15, 0.2) is 0 Å². The van der Waals surface area contributed by atoms with Crippen molar-refractivity contribution < 1.29 is 9.47 Å². The van der Waals surface area contributed by atoms with E-state index in [1.165, 1.54) is 11.1 Å². The van der Waals surface area contributed by atoms with E-state index in [2.05, 4.69) is 116 Å². The third kappa shape index (κ3) is 8.22. The quantitative estimate of drug-likeness (QED) is 0.126. The molecule has 0 bridgehead atoms. The third-order valence-corrected chi connectivity index (χ3v) is 11.1. The van der Waals surface area contributed by atoms with Gasteiger partial charge in [-0.15, -0.1) is 0 Å². The summed E-state index contributed by atoms with van der Waals surface area (Å²) in [6.07, 6.45) is 5.45. The molecule has 2 N–H and O–H groups in total. The zero-order chi connectivity index (χ0) is 38.8. The number of hydrogen-bond acceptors (Lipinski definition) is 8. The number of aryl methyl sites for hydroxylation is 3. The number of aromatic nitrogens is 5. The van der Waals surface area contributed by atoms with E-state index < -0.39 is 0 Å². The van der Waals surface area contributed by atoms with Gasteiger partial charge in [-0.3, -0.25) is 0 Å². The Morgan fingerprint density at radius 2 is 1.68 bits per heavy atom. The second kappa shape index (κ2) is 16.3.